The minimum Gasteiger partial charge on any atom is -0.353 e. The maximum absolute atomic E-state index is 11.5. The molecule has 1 amide bonds. The summed E-state index contributed by atoms with van der Waals surface area (Å²) in [6, 6.07) is 7.50. The lowest BCUT2D eigenvalue weighted by Crippen LogP contribution is -2.38. The number of sulfonamides is 1. The molecule has 1 aromatic rings. The van der Waals surface area contributed by atoms with E-state index in [0.717, 1.165) is 5.56 Å². The minimum atomic E-state index is -3.55. The number of benzene rings is 1. The maximum atomic E-state index is 11.5. The molecule has 0 spiro atoms. The quantitative estimate of drug-likeness (QED) is 0.680. The second-order valence-electron chi connectivity index (χ2n) is 5.20. The molecule has 0 fully saturated rings. The highest BCUT2D eigenvalue weighted by Gasteiger charge is 2.15. The van der Waals surface area contributed by atoms with E-state index in [0.29, 0.717) is 5.92 Å². The van der Waals surface area contributed by atoms with Gasteiger partial charge in [0.05, 0.1) is 0 Å². The van der Waals surface area contributed by atoms with Gasteiger partial charge >= 0.3 is 0 Å². The van der Waals surface area contributed by atoms with Gasteiger partial charge in [-0.1, -0.05) is 38.1 Å². The molecule has 0 saturated carbocycles. The summed E-state index contributed by atoms with van der Waals surface area (Å²) in [6.45, 7) is 4.41. The Kier molecular flexibility index (Phi) is 8.62. The summed E-state index contributed by atoms with van der Waals surface area (Å²) < 4.78 is 24.5. The van der Waals surface area contributed by atoms with Crippen LogP contribution < -0.4 is 15.8 Å². The molecule has 22 heavy (non-hydrogen) atoms. The lowest BCUT2D eigenvalue weighted by Gasteiger charge is -2.14. The van der Waals surface area contributed by atoms with Crippen molar-refractivity contribution in [1.82, 2.24) is 10.0 Å². The Labute approximate surface area is 138 Å². The van der Waals surface area contributed by atoms with Gasteiger partial charge < -0.3 is 11.1 Å². The van der Waals surface area contributed by atoms with Crippen LogP contribution in [0, 0.1) is 0 Å². The van der Waals surface area contributed by atoms with Crippen LogP contribution >= 0.6 is 12.4 Å². The summed E-state index contributed by atoms with van der Waals surface area (Å²) in [5.74, 6) is -0.719. The number of halogens is 1. The fourth-order valence-corrected chi connectivity index (χ4v) is 2.36. The van der Waals surface area contributed by atoms with Crippen molar-refractivity contribution in [3.8, 4) is 0 Å². The zero-order chi connectivity index (χ0) is 16.0. The van der Waals surface area contributed by atoms with Gasteiger partial charge in [-0.15, -0.1) is 12.4 Å². The van der Waals surface area contributed by atoms with Crippen LogP contribution in [0.15, 0.2) is 24.3 Å². The monoisotopic (exact) mass is 349 g/mol. The van der Waals surface area contributed by atoms with Crippen LogP contribution in [0.4, 0.5) is 0 Å². The highest BCUT2D eigenvalue weighted by molar-refractivity contribution is 7.90. The Hall–Kier alpha value is -1.15. The van der Waals surface area contributed by atoms with E-state index in [2.05, 4.69) is 23.9 Å². The Bertz CT molecular complexity index is 574. The largest absolute Gasteiger partial charge is 0.353 e. The topological polar surface area (TPSA) is 101 Å². The number of carbonyl (C=O) groups excluding carboxylic acids is 1. The Morgan fingerprint density at radius 2 is 1.68 bits per heavy atom. The first-order chi connectivity index (χ1) is 9.75. The fraction of sp³-hybridized carbons (Fsp3) is 0.500. The third-order valence-corrected chi connectivity index (χ3v) is 4.45. The summed E-state index contributed by atoms with van der Waals surface area (Å²) in [6.07, 6.45) is 0. The van der Waals surface area contributed by atoms with E-state index in [1.54, 1.807) is 0 Å². The van der Waals surface area contributed by atoms with E-state index in [1.165, 1.54) is 12.6 Å². The summed E-state index contributed by atoms with van der Waals surface area (Å²) in [7, 11) is -2.28. The number of carbonyl (C=O) groups is 1. The number of nitrogens with two attached hydrogens (primary N) is 1. The average molecular weight is 350 g/mol. The Morgan fingerprint density at radius 1 is 1.18 bits per heavy atom. The first kappa shape index (κ1) is 20.9. The van der Waals surface area contributed by atoms with Gasteiger partial charge in [-0.2, -0.15) is 0 Å². The van der Waals surface area contributed by atoms with Crippen LogP contribution in [-0.4, -0.2) is 33.7 Å². The molecule has 1 rings (SSSR count). The predicted octanol–water partition coefficient (Wildman–Crippen LogP) is 0.897. The number of rotatable bonds is 7. The van der Waals surface area contributed by atoms with Crippen molar-refractivity contribution in [2.24, 2.45) is 5.73 Å². The third kappa shape index (κ3) is 6.74. The highest BCUT2D eigenvalue weighted by Crippen LogP contribution is 2.17. The molecule has 4 N–H and O–H groups in total. The van der Waals surface area contributed by atoms with E-state index < -0.39 is 21.7 Å². The predicted molar refractivity (Wildman–Crippen MR) is 90.6 cm³/mol. The number of hydrogen-bond donors (Lipinski definition) is 3. The summed E-state index contributed by atoms with van der Waals surface area (Å²) in [5, 5.41) is 2.53. The van der Waals surface area contributed by atoms with Crippen molar-refractivity contribution in [1.29, 1.82) is 0 Å². The first-order valence-corrected chi connectivity index (χ1v) is 8.43. The first-order valence-electron chi connectivity index (χ1n) is 6.78. The molecule has 0 aliphatic carbocycles. The highest BCUT2D eigenvalue weighted by atomic mass is 35.5. The van der Waals surface area contributed by atoms with E-state index in [9.17, 15) is 13.2 Å². The summed E-state index contributed by atoms with van der Waals surface area (Å²) in [5.41, 5.74) is 8.10. The van der Waals surface area contributed by atoms with Gasteiger partial charge in [0.25, 0.3) is 0 Å². The van der Waals surface area contributed by atoms with Crippen molar-refractivity contribution in [2.75, 3.05) is 19.3 Å². The standard InChI is InChI=1S/C14H23N3O3S.ClH/c1-10(2)11-4-6-12(7-5-11)13(15)8-17-14(18)9-21(19,20)16-3;/h4-7,10,13,16H,8-9,15H2,1-3H3,(H,17,18);1H. The van der Waals surface area contributed by atoms with E-state index >= 15 is 0 Å². The van der Waals surface area contributed by atoms with Crippen LogP contribution in [0.5, 0.6) is 0 Å². The van der Waals surface area contributed by atoms with Crippen LogP contribution in [0.2, 0.25) is 0 Å². The van der Waals surface area contributed by atoms with Crippen molar-refractivity contribution < 1.29 is 13.2 Å². The second-order valence-corrected chi connectivity index (χ2v) is 7.12. The molecular weight excluding hydrogens is 326 g/mol. The van der Waals surface area contributed by atoms with Gasteiger partial charge in [-0.05, 0) is 24.1 Å². The summed E-state index contributed by atoms with van der Waals surface area (Å²) >= 11 is 0. The lowest BCUT2D eigenvalue weighted by atomic mass is 9.99. The molecule has 126 valence electrons. The molecule has 1 unspecified atom stereocenters. The molecule has 0 aliphatic rings. The zero-order valence-corrected chi connectivity index (χ0v) is 14.6. The smallest absolute Gasteiger partial charge is 0.236 e. The van der Waals surface area contributed by atoms with Gasteiger partial charge in [0.2, 0.25) is 15.9 Å². The number of hydrogen-bond acceptors (Lipinski definition) is 4. The van der Waals surface area contributed by atoms with E-state index in [4.69, 9.17) is 5.73 Å². The van der Waals surface area contributed by atoms with Crippen molar-refractivity contribution in [3.63, 3.8) is 0 Å². The van der Waals surface area contributed by atoms with Gasteiger partial charge in [-0.3, -0.25) is 4.79 Å². The molecule has 8 heteroatoms. The molecular formula is C14H24ClN3O3S. The Morgan fingerprint density at radius 3 is 2.14 bits per heavy atom. The molecule has 0 radical (unpaired) electrons. The molecule has 1 atom stereocenters. The molecule has 0 heterocycles. The van der Waals surface area contributed by atoms with Crippen molar-refractivity contribution in [2.45, 2.75) is 25.8 Å². The molecule has 1 aromatic carbocycles. The molecule has 6 nitrogen and oxygen atoms in total. The van der Waals surface area contributed by atoms with Crippen LogP contribution in [0.25, 0.3) is 0 Å². The summed E-state index contributed by atoms with van der Waals surface area (Å²) in [4.78, 5) is 11.5. The van der Waals surface area contributed by atoms with Gasteiger partial charge in [0.15, 0.2) is 0 Å². The second kappa shape index (κ2) is 9.09. The lowest BCUT2D eigenvalue weighted by molar-refractivity contribution is -0.118. The van der Waals surface area contributed by atoms with Gasteiger partial charge in [0, 0.05) is 12.6 Å². The third-order valence-electron chi connectivity index (χ3n) is 3.18. The molecule has 0 aromatic heterocycles. The SMILES string of the molecule is CNS(=O)(=O)CC(=O)NCC(N)c1ccc(C(C)C)cc1.Cl. The molecule has 0 bridgehead atoms. The van der Waals surface area contributed by atoms with Crippen LogP contribution in [-0.2, 0) is 14.8 Å². The Balaban J connectivity index is 0.00000441. The minimum absolute atomic E-state index is 0. The average Bonchev–Trinajstić information content (AvgIpc) is 2.44. The van der Waals surface area contributed by atoms with Crippen LogP contribution in [0.1, 0.15) is 36.9 Å². The molecule has 0 saturated heterocycles. The van der Waals surface area contributed by atoms with E-state index in [-0.39, 0.29) is 25.0 Å². The number of nitrogens with one attached hydrogen (secondary N) is 2. The number of amides is 1. The molecule has 0 aliphatic heterocycles. The zero-order valence-electron chi connectivity index (χ0n) is 13.0. The van der Waals surface area contributed by atoms with Crippen molar-refractivity contribution >= 4 is 28.3 Å². The van der Waals surface area contributed by atoms with Gasteiger partial charge in [0.1, 0.15) is 5.75 Å². The van der Waals surface area contributed by atoms with Crippen LogP contribution in [0.3, 0.4) is 0 Å². The normalized spacial score (nSPS) is 12.6. The fourth-order valence-electron chi connectivity index (χ4n) is 1.77. The van der Waals surface area contributed by atoms with Crippen molar-refractivity contribution in [3.05, 3.63) is 35.4 Å². The maximum Gasteiger partial charge on any atom is 0.236 e. The van der Waals surface area contributed by atoms with Gasteiger partial charge in [-0.25, -0.2) is 13.1 Å². The van der Waals surface area contributed by atoms with E-state index in [1.807, 2.05) is 24.3 Å².